The zero-order chi connectivity index (χ0) is 22.1. The van der Waals surface area contributed by atoms with Crippen molar-refractivity contribution in [1.82, 2.24) is 5.32 Å². The molecule has 0 bridgehead atoms. The van der Waals surface area contributed by atoms with Crippen molar-refractivity contribution in [2.24, 2.45) is 21.0 Å². The molecule has 3 aromatic carbocycles. The molecule has 0 saturated heterocycles. The highest BCUT2D eigenvalue weighted by Crippen LogP contribution is 2.25. The number of hydrogen-bond acceptors (Lipinski definition) is 6. The number of amidine groups is 1. The Hall–Kier alpha value is -4.20. The molecule has 0 heterocycles. The van der Waals surface area contributed by atoms with Gasteiger partial charge in [-0.25, -0.2) is 0 Å². The molecular weight excluding hydrogens is 392 g/mol. The fraction of sp³-hybridized carbons (Fsp3) is 0.130. The number of hydrogen-bond donors (Lipinski definition) is 4. The van der Waals surface area contributed by atoms with Gasteiger partial charge < -0.3 is 21.9 Å². The molecule has 3 aromatic rings. The molecule has 3 rings (SSSR count). The van der Waals surface area contributed by atoms with Gasteiger partial charge in [-0.05, 0) is 29.3 Å². The lowest BCUT2D eigenvalue weighted by atomic mass is 10.2. The summed E-state index contributed by atoms with van der Waals surface area (Å²) in [4.78, 5) is 17.2. The number of aromatic hydroxyl groups is 1. The Balaban J connectivity index is 1.78. The van der Waals surface area contributed by atoms with E-state index in [0.717, 1.165) is 11.1 Å². The number of rotatable bonds is 8. The minimum Gasteiger partial charge on any atom is -0.506 e. The summed E-state index contributed by atoms with van der Waals surface area (Å²) in [6, 6.07) is 22.3. The third-order valence-corrected chi connectivity index (χ3v) is 4.42. The number of benzene rings is 3. The maximum Gasteiger partial charge on any atom is 0.254 e. The quantitative estimate of drug-likeness (QED) is 0.147. The summed E-state index contributed by atoms with van der Waals surface area (Å²) in [6.07, 6.45) is 0. The Labute approximate surface area is 180 Å². The molecule has 1 atom stereocenters. The van der Waals surface area contributed by atoms with Crippen LogP contribution in [0.3, 0.4) is 0 Å². The van der Waals surface area contributed by atoms with Crippen LogP contribution >= 0.6 is 0 Å². The molecule has 6 N–H and O–H groups in total. The van der Waals surface area contributed by atoms with Crippen molar-refractivity contribution in [3.05, 3.63) is 90.0 Å². The van der Waals surface area contributed by atoms with Gasteiger partial charge in [-0.3, -0.25) is 9.79 Å². The summed E-state index contributed by atoms with van der Waals surface area (Å²) in [5, 5.41) is 20.6. The number of anilines is 1. The van der Waals surface area contributed by atoms with Crippen LogP contribution in [-0.4, -0.2) is 22.9 Å². The third-order valence-electron chi connectivity index (χ3n) is 4.42. The average Bonchev–Trinajstić information content (AvgIpc) is 2.80. The normalized spacial score (nSPS) is 12.6. The molecular formula is C23H24N6O2. The topological polar surface area (TPSA) is 138 Å². The van der Waals surface area contributed by atoms with Gasteiger partial charge in [0.1, 0.15) is 11.6 Å². The zero-order valence-corrected chi connectivity index (χ0v) is 16.8. The van der Waals surface area contributed by atoms with Crippen LogP contribution in [0.2, 0.25) is 0 Å². The highest BCUT2D eigenvalue weighted by molar-refractivity contribution is 6.06. The summed E-state index contributed by atoms with van der Waals surface area (Å²) in [5.74, 6) is -0.432. The minimum atomic E-state index is -1.11. The first-order chi connectivity index (χ1) is 15.0. The highest BCUT2D eigenvalue weighted by atomic mass is 16.3. The van der Waals surface area contributed by atoms with Crippen molar-refractivity contribution >= 4 is 23.1 Å². The average molecular weight is 416 g/mol. The van der Waals surface area contributed by atoms with Crippen LogP contribution in [0.5, 0.6) is 5.75 Å². The fourth-order valence-corrected chi connectivity index (χ4v) is 2.71. The summed E-state index contributed by atoms with van der Waals surface area (Å²) >= 11 is 0. The fourth-order valence-electron chi connectivity index (χ4n) is 2.71. The Morgan fingerprint density at radius 3 is 2.26 bits per heavy atom. The molecule has 0 aliphatic rings. The van der Waals surface area contributed by atoms with Crippen LogP contribution in [-0.2, 0) is 17.9 Å². The monoisotopic (exact) mass is 416 g/mol. The van der Waals surface area contributed by atoms with Gasteiger partial charge in [-0.15, -0.1) is 0 Å². The molecule has 158 valence electrons. The maximum absolute atomic E-state index is 12.8. The van der Waals surface area contributed by atoms with E-state index in [4.69, 9.17) is 11.5 Å². The summed E-state index contributed by atoms with van der Waals surface area (Å²) in [5.41, 5.74) is 14.3. The van der Waals surface area contributed by atoms with Crippen LogP contribution in [0.15, 0.2) is 94.1 Å². The van der Waals surface area contributed by atoms with Crippen molar-refractivity contribution in [3.8, 4) is 5.75 Å². The first-order valence-corrected chi connectivity index (χ1v) is 9.67. The number of carbonyl (C=O) groups excluding carboxylic acids is 1. The van der Waals surface area contributed by atoms with E-state index >= 15 is 0 Å². The molecule has 0 aromatic heterocycles. The first kappa shape index (κ1) is 21.5. The Morgan fingerprint density at radius 1 is 0.968 bits per heavy atom. The predicted molar refractivity (Wildman–Crippen MR) is 121 cm³/mol. The van der Waals surface area contributed by atoms with Gasteiger partial charge in [0.05, 0.1) is 17.9 Å². The van der Waals surface area contributed by atoms with E-state index < -0.39 is 11.9 Å². The maximum atomic E-state index is 12.8. The highest BCUT2D eigenvalue weighted by Gasteiger charge is 2.22. The number of nitrogen functional groups attached to an aromatic ring is 1. The number of nitrogens with two attached hydrogens (primary N) is 2. The number of carbonyl (C=O) groups is 1. The van der Waals surface area contributed by atoms with E-state index in [1.165, 1.54) is 18.2 Å². The van der Waals surface area contributed by atoms with Crippen LogP contribution < -0.4 is 16.8 Å². The molecule has 0 saturated carbocycles. The lowest BCUT2D eigenvalue weighted by molar-refractivity contribution is -0.121. The molecule has 8 nitrogen and oxygen atoms in total. The van der Waals surface area contributed by atoms with Gasteiger partial charge in [0.25, 0.3) is 5.91 Å². The molecule has 1 amide bonds. The number of phenolic OH excluding ortho intramolecular Hbond substituents is 1. The molecule has 0 fully saturated rings. The van der Waals surface area contributed by atoms with E-state index in [-0.39, 0.29) is 17.3 Å². The molecule has 0 aliphatic carbocycles. The van der Waals surface area contributed by atoms with E-state index in [1.54, 1.807) is 0 Å². The SMILES string of the molecule is NC(=NCc1ccccc1)C(N=Nc1ccc(O)c(N)c1)C(=O)NCc1ccccc1. The van der Waals surface area contributed by atoms with Crippen LogP contribution in [0, 0.1) is 0 Å². The third kappa shape index (κ3) is 6.40. The van der Waals surface area contributed by atoms with Gasteiger partial charge in [0, 0.05) is 6.54 Å². The van der Waals surface area contributed by atoms with Crippen molar-refractivity contribution in [1.29, 1.82) is 0 Å². The second kappa shape index (κ2) is 10.5. The van der Waals surface area contributed by atoms with Crippen molar-refractivity contribution in [2.45, 2.75) is 19.1 Å². The smallest absolute Gasteiger partial charge is 0.254 e. The number of nitrogens with zero attached hydrogens (tertiary/aromatic N) is 3. The standard InChI is InChI=1S/C23H24N6O2/c24-19-13-18(11-12-20(19)30)28-29-21(22(25)26-14-16-7-3-1-4-8-16)23(31)27-15-17-9-5-2-6-10-17/h1-13,21,30H,14-15,24H2,(H2,25,26)(H,27,31). The molecule has 0 aliphatic heterocycles. The van der Waals surface area contributed by atoms with Gasteiger partial charge in [0.15, 0.2) is 0 Å². The first-order valence-electron chi connectivity index (χ1n) is 9.67. The van der Waals surface area contributed by atoms with Gasteiger partial charge >= 0.3 is 0 Å². The van der Waals surface area contributed by atoms with Gasteiger partial charge in [-0.1, -0.05) is 60.7 Å². The van der Waals surface area contributed by atoms with Crippen molar-refractivity contribution in [3.63, 3.8) is 0 Å². The number of amides is 1. The van der Waals surface area contributed by atoms with Crippen molar-refractivity contribution < 1.29 is 9.90 Å². The summed E-state index contributed by atoms with van der Waals surface area (Å²) in [6.45, 7) is 0.640. The number of azo groups is 1. The van der Waals surface area contributed by atoms with E-state index in [0.29, 0.717) is 18.8 Å². The second-order valence-electron chi connectivity index (χ2n) is 6.79. The predicted octanol–water partition coefficient (Wildman–Crippen LogP) is 3.30. The summed E-state index contributed by atoms with van der Waals surface area (Å²) < 4.78 is 0. The molecule has 0 spiro atoms. The minimum absolute atomic E-state index is 0.0462. The lowest BCUT2D eigenvalue weighted by Crippen LogP contribution is -2.42. The molecule has 31 heavy (non-hydrogen) atoms. The largest absolute Gasteiger partial charge is 0.506 e. The van der Waals surface area contributed by atoms with Crippen LogP contribution in [0.4, 0.5) is 11.4 Å². The molecule has 1 unspecified atom stereocenters. The number of nitrogens with one attached hydrogen (secondary N) is 1. The van der Waals surface area contributed by atoms with Gasteiger partial charge in [0.2, 0.25) is 6.04 Å². The Morgan fingerprint density at radius 2 is 1.61 bits per heavy atom. The number of aliphatic imine (C=N–C) groups is 1. The Kier molecular flexibility index (Phi) is 7.31. The summed E-state index contributed by atoms with van der Waals surface area (Å²) in [7, 11) is 0. The second-order valence-corrected chi connectivity index (χ2v) is 6.79. The zero-order valence-electron chi connectivity index (χ0n) is 16.8. The van der Waals surface area contributed by atoms with Crippen LogP contribution in [0.25, 0.3) is 0 Å². The van der Waals surface area contributed by atoms with E-state index in [2.05, 4.69) is 20.5 Å². The lowest BCUT2D eigenvalue weighted by Gasteiger charge is -2.12. The molecule has 0 radical (unpaired) electrons. The molecule has 8 heteroatoms. The number of phenols is 1. The van der Waals surface area contributed by atoms with Crippen LogP contribution in [0.1, 0.15) is 11.1 Å². The van der Waals surface area contributed by atoms with E-state index in [1.807, 2.05) is 60.7 Å². The Bertz CT molecular complexity index is 1070. The van der Waals surface area contributed by atoms with E-state index in [9.17, 15) is 9.90 Å². The van der Waals surface area contributed by atoms with Crippen molar-refractivity contribution in [2.75, 3.05) is 5.73 Å². The van der Waals surface area contributed by atoms with Gasteiger partial charge in [-0.2, -0.15) is 10.2 Å².